The summed E-state index contributed by atoms with van der Waals surface area (Å²) in [6, 6.07) is 15.6. The van der Waals surface area contributed by atoms with Crippen LogP contribution in [0.5, 0.6) is 0 Å². The molecule has 5 nitrogen and oxygen atoms in total. The van der Waals surface area contributed by atoms with Gasteiger partial charge in [0, 0.05) is 12.2 Å². The predicted molar refractivity (Wildman–Crippen MR) is 95.5 cm³/mol. The van der Waals surface area contributed by atoms with Gasteiger partial charge in [-0.2, -0.15) is 0 Å². The van der Waals surface area contributed by atoms with Crippen molar-refractivity contribution in [3.8, 4) is 0 Å². The molecule has 0 spiro atoms. The maximum Gasteiger partial charge on any atom is 0.278 e. The molecule has 126 valence electrons. The maximum absolute atomic E-state index is 13.7. The van der Waals surface area contributed by atoms with Crippen LogP contribution in [-0.2, 0) is 0 Å². The Kier molecular flexibility index (Phi) is 4.99. The summed E-state index contributed by atoms with van der Waals surface area (Å²) in [6.45, 7) is 2.41. The Morgan fingerprint density at radius 1 is 1.04 bits per heavy atom. The van der Waals surface area contributed by atoms with E-state index in [0.717, 1.165) is 5.69 Å². The number of carbonyl (C=O) groups is 1. The molecular weight excluding hydrogens is 319 g/mol. The molecule has 0 radical (unpaired) electrons. The van der Waals surface area contributed by atoms with Crippen molar-refractivity contribution in [2.45, 2.75) is 6.92 Å². The number of para-hydroxylation sites is 2. The summed E-state index contributed by atoms with van der Waals surface area (Å²) in [7, 11) is 0. The Balaban J connectivity index is 1.77. The molecule has 1 aromatic heterocycles. The van der Waals surface area contributed by atoms with Crippen molar-refractivity contribution in [2.24, 2.45) is 0 Å². The Morgan fingerprint density at radius 2 is 1.76 bits per heavy atom. The molecule has 3 rings (SSSR count). The van der Waals surface area contributed by atoms with Gasteiger partial charge in [0.05, 0.1) is 18.1 Å². The first kappa shape index (κ1) is 16.6. The van der Waals surface area contributed by atoms with Gasteiger partial charge in [-0.3, -0.25) is 4.79 Å². The second-order valence-electron chi connectivity index (χ2n) is 5.28. The van der Waals surface area contributed by atoms with Gasteiger partial charge in [-0.05, 0) is 31.2 Å². The average Bonchev–Trinajstić information content (AvgIpc) is 2.66. The fourth-order valence-corrected chi connectivity index (χ4v) is 2.39. The molecule has 0 aliphatic heterocycles. The number of hydrogen-bond donors (Lipinski definition) is 1. The van der Waals surface area contributed by atoms with Crippen LogP contribution in [0.2, 0.25) is 0 Å². The van der Waals surface area contributed by atoms with Gasteiger partial charge >= 0.3 is 0 Å². The molecule has 0 fully saturated rings. The standard InChI is InChI=1S/C19H17FN4O/c1-2-24(14-8-4-3-5-9-14)19(25)17-12-22-18(13-21-17)23-16-11-7-6-10-15(16)20/h3-13H,2H2,1H3,(H,22,23). The van der Waals surface area contributed by atoms with E-state index in [-0.39, 0.29) is 17.4 Å². The highest BCUT2D eigenvalue weighted by Crippen LogP contribution is 2.18. The first-order valence-corrected chi connectivity index (χ1v) is 7.89. The Bertz CT molecular complexity index is 853. The van der Waals surface area contributed by atoms with E-state index in [4.69, 9.17) is 0 Å². The molecule has 0 atom stereocenters. The van der Waals surface area contributed by atoms with Crippen LogP contribution in [0.3, 0.4) is 0 Å². The minimum Gasteiger partial charge on any atom is -0.337 e. The lowest BCUT2D eigenvalue weighted by atomic mass is 10.2. The lowest BCUT2D eigenvalue weighted by molar-refractivity contribution is 0.0983. The number of nitrogens with one attached hydrogen (secondary N) is 1. The minimum absolute atomic E-state index is 0.227. The third-order valence-electron chi connectivity index (χ3n) is 3.64. The van der Waals surface area contributed by atoms with Gasteiger partial charge in [0.15, 0.2) is 0 Å². The van der Waals surface area contributed by atoms with E-state index in [9.17, 15) is 9.18 Å². The van der Waals surface area contributed by atoms with Gasteiger partial charge in [-0.1, -0.05) is 30.3 Å². The van der Waals surface area contributed by atoms with Crippen LogP contribution in [0, 0.1) is 5.82 Å². The highest BCUT2D eigenvalue weighted by molar-refractivity contribution is 6.04. The molecule has 0 aliphatic rings. The zero-order valence-corrected chi connectivity index (χ0v) is 13.7. The smallest absolute Gasteiger partial charge is 0.278 e. The fraction of sp³-hybridized carbons (Fsp3) is 0.105. The van der Waals surface area contributed by atoms with Crippen molar-refractivity contribution in [2.75, 3.05) is 16.8 Å². The molecule has 3 aromatic rings. The number of amides is 1. The summed E-state index contributed by atoms with van der Waals surface area (Å²) in [6.07, 6.45) is 2.80. The zero-order valence-electron chi connectivity index (χ0n) is 13.7. The van der Waals surface area contributed by atoms with Crippen LogP contribution < -0.4 is 10.2 Å². The second-order valence-corrected chi connectivity index (χ2v) is 5.28. The van der Waals surface area contributed by atoms with Crippen LogP contribution in [0.1, 0.15) is 17.4 Å². The lowest BCUT2D eigenvalue weighted by Gasteiger charge is -2.20. The predicted octanol–water partition coefficient (Wildman–Crippen LogP) is 4.03. The minimum atomic E-state index is -0.384. The average molecular weight is 336 g/mol. The molecule has 0 bridgehead atoms. The van der Waals surface area contributed by atoms with E-state index in [1.54, 1.807) is 23.1 Å². The molecule has 2 aromatic carbocycles. The summed E-state index contributed by atoms with van der Waals surface area (Å²) >= 11 is 0. The largest absolute Gasteiger partial charge is 0.337 e. The molecule has 25 heavy (non-hydrogen) atoms. The first-order chi connectivity index (χ1) is 12.2. The molecule has 0 unspecified atom stereocenters. The van der Waals surface area contributed by atoms with E-state index < -0.39 is 0 Å². The van der Waals surface area contributed by atoms with Gasteiger partial charge in [-0.25, -0.2) is 14.4 Å². The SMILES string of the molecule is CCN(C(=O)c1cnc(Nc2ccccc2F)cn1)c1ccccc1. The van der Waals surface area contributed by atoms with Crippen LogP contribution in [0.25, 0.3) is 0 Å². The molecule has 0 saturated heterocycles. The van der Waals surface area contributed by atoms with Crippen molar-refractivity contribution < 1.29 is 9.18 Å². The zero-order chi connectivity index (χ0) is 17.6. The van der Waals surface area contributed by atoms with E-state index in [1.807, 2.05) is 37.3 Å². The second kappa shape index (κ2) is 7.53. The van der Waals surface area contributed by atoms with Crippen molar-refractivity contribution in [1.29, 1.82) is 0 Å². The molecule has 0 saturated carbocycles. The van der Waals surface area contributed by atoms with Crippen molar-refractivity contribution >= 4 is 23.1 Å². The summed E-state index contributed by atoms with van der Waals surface area (Å²) in [4.78, 5) is 22.6. The number of hydrogen-bond acceptors (Lipinski definition) is 4. The molecule has 1 heterocycles. The monoisotopic (exact) mass is 336 g/mol. The highest BCUT2D eigenvalue weighted by atomic mass is 19.1. The number of halogens is 1. The fourth-order valence-electron chi connectivity index (χ4n) is 2.39. The van der Waals surface area contributed by atoms with Gasteiger partial charge < -0.3 is 10.2 Å². The van der Waals surface area contributed by atoms with Crippen LogP contribution in [0.4, 0.5) is 21.6 Å². The van der Waals surface area contributed by atoms with Crippen molar-refractivity contribution in [1.82, 2.24) is 9.97 Å². The van der Waals surface area contributed by atoms with Crippen molar-refractivity contribution in [3.63, 3.8) is 0 Å². The van der Waals surface area contributed by atoms with E-state index in [2.05, 4.69) is 15.3 Å². The Labute approximate surface area is 145 Å². The topological polar surface area (TPSA) is 58.1 Å². The number of rotatable bonds is 5. The van der Waals surface area contributed by atoms with Crippen LogP contribution in [0.15, 0.2) is 67.0 Å². The number of benzene rings is 2. The van der Waals surface area contributed by atoms with Crippen molar-refractivity contribution in [3.05, 3.63) is 78.5 Å². The van der Waals surface area contributed by atoms with Gasteiger partial charge in [0.2, 0.25) is 0 Å². The first-order valence-electron chi connectivity index (χ1n) is 7.89. The number of aromatic nitrogens is 2. The van der Waals surface area contributed by atoms with Gasteiger partial charge in [0.25, 0.3) is 5.91 Å². The number of anilines is 3. The molecule has 1 N–H and O–H groups in total. The van der Waals surface area contributed by atoms with Crippen LogP contribution >= 0.6 is 0 Å². The van der Waals surface area contributed by atoms with E-state index in [0.29, 0.717) is 18.1 Å². The van der Waals surface area contributed by atoms with Crippen LogP contribution in [-0.4, -0.2) is 22.4 Å². The summed E-state index contributed by atoms with van der Waals surface area (Å²) in [5.41, 5.74) is 1.32. The van der Waals surface area contributed by atoms with E-state index >= 15 is 0 Å². The Hall–Kier alpha value is -3.28. The molecule has 6 heteroatoms. The van der Waals surface area contributed by atoms with Gasteiger partial charge in [0.1, 0.15) is 17.3 Å². The molecule has 0 aliphatic carbocycles. The third-order valence-corrected chi connectivity index (χ3v) is 3.64. The Morgan fingerprint density at radius 3 is 2.40 bits per heavy atom. The maximum atomic E-state index is 13.7. The summed E-state index contributed by atoms with van der Waals surface area (Å²) in [5, 5.41) is 2.84. The summed E-state index contributed by atoms with van der Waals surface area (Å²) in [5.74, 6) is -0.256. The van der Waals surface area contributed by atoms with E-state index in [1.165, 1.54) is 18.5 Å². The number of nitrogens with zero attached hydrogens (tertiary/aromatic N) is 3. The number of carbonyl (C=O) groups excluding carboxylic acids is 1. The third kappa shape index (κ3) is 3.80. The normalized spacial score (nSPS) is 10.3. The molecular formula is C19H17FN4O. The highest BCUT2D eigenvalue weighted by Gasteiger charge is 2.17. The van der Waals surface area contributed by atoms with Gasteiger partial charge in [-0.15, -0.1) is 0 Å². The molecule has 1 amide bonds. The lowest BCUT2D eigenvalue weighted by Crippen LogP contribution is -2.31. The quantitative estimate of drug-likeness (QED) is 0.764. The summed E-state index contributed by atoms with van der Waals surface area (Å²) < 4.78 is 13.7.